The minimum Gasteiger partial charge on any atom is -0.493 e. The van der Waals surface area contributed by atoms with Gasteiger partial charge in [0.2, 0.25) is 0 Å². The zero-order valence-corrected chi connectivity index (χ0v) is 17.2. The lowest BCUT2D eigenvalue weighted by Gasteiger charge is -2.09. The predicted molar refractivity (Wildman–Crippen MR) is 114 cm³/mol. The largest absolute Gasteiger partial charge is 0.493 e. The molecule has 0 atom stereocenters. The quantitative estimate of drug-likeness (QED) is 0.324. The first-order chi connectivity index (χ1) is 14.6. The van der Waals surface area contributed by atoms with Crippen LogP contribution >= 0.6 is 0 Å². The van der Waals surface area contributed by atoms with Crippen LogP contribution < -0.4 is 14.9 Å². The molecule has 0 unspecified atom stereocenters. The highest BCUT2D eigenvalue weighted by molar-refractivity contribution is 5.90. The molecule has 7 heteroatoms. The van der Waals surface area contributed by atoms with Gasteiger partial charge in [0, 0.05) is 5.56 Å². The van der Waals surface area contributed by atoms with Crippen LogP contribution in [0.25, 0.3) is 11.3 Å². The van der Waals surface area contributed by atoms with Crippen molar-refractivity contribution in [3.05, 3.63) is 71.5 Å². The van der Waals surface area contributed by atoms with Crippen molar-refractivity contribution in [1.29, 1.82) is 0 Å². The molecule has 1 N–H and O–H groups in total. The number of hydrogen-bond donors (Lipinski definition) is 1. The van der Waals surface area contributed by atoms with Crippen LogP contribution in [0.1, 0.15) is 28.6 Å². The Bertz CT molecular complexity index is 1010. The molecule has 0 saturated carbocycles. The number of hydrazone groups is 1. The van der Waals surface area contributed by atoms with Gasteiger partial charge in [0.1, 0.15) is 11.5 Å². The van der Waals surface area contributed by atoms with Gasteiger partial charge in [0.15, 0.2) is 11.5 Å². The molecule has 0 saturated heterocycles. The Morgan fingerprint density at radius 1 is 1.03 bits per heavy atom. The van der Waals surface area contributed by atoms with E-state index in [0.29, 0.717) is 41.7 Å². The van der Waals surface area contributed by atoms with Crippen LogP contribution in [0, 0.1) is 0 Å². The van der Waals surface area contributed by atoms with Gasteiger partial charge < -0.3 is 24.1 Å². The average molecular weight is 408 g/mol. The summed E-state index contributed by atoms with van der Waals surface area (Å²) in [6, 6.07) is 16.4. The molecule has 0 aliphatic heterocycles. The van der Waals surface area contributed by atoms with Crippen LogP contribution in [0.2, 0.25) is 0 Å². The number of carbonyl (C=O) groups excluding carboxylic acids is 1. The highest BCUT2D eigenvalue weighted by Gasteiger charge is 2.08. The van der Waals surface area contributed by atoms with Crippen LogP contribution in [0.5, 0.6) is 11.5 Å². The number of methoxy groups -OCH3 is 2. The first-order valence-electron chi connectivity index (χ1n) is 9.48. The van der Waals surface area contributed by atoms with Crippen molar-refractivity contribution in [2.75, 3.05) is 20.8 Å². The lowest BCUT2D eigenvalue weighted by molar-refractivity contribution is 0.0526. The molecule has 0 aliphatic carbocycles. The van der Waals surface area contributed by atoms with Gasteiger partial charge in [-0.05, 0) is 48.9 Å². The molecular weight excluding hydrogens is 384 g/mol. The van der Waals surface area contributed by atoms with Crippen molar-refractivity contribution < 1.29 is 23.4 Å². The van der Waals surface area contributed by atoms with Crippen LogP contribution in [-0.2, 0) is 11.3 Å². The van der Waals surface area contributed by atoms with Gasteiger partial charge in [-0.2, -0.15) is 5.10 Å². The van der Waals surface area contributed by atoms with Gasteiger partial charge in [-0.15, -0.1) is 0 Å². The average Bonchev–Trinajstić information content (AvgIpc) is 3.25. The number of rotatable bonds is 9. The molecule has 30 heavy (non-hydrogen) atoms. The molecule has 0 spiro atoms. The number of esters is 1. The van der Waals surface area contributed by atoms with Crippen LogP contribution in [0.15, 0.2) is 64.1 Å². The minimum atomic E-state index is -0.336. The molecule has 0 fully saturated rings. The van der Waals surface area contributed by atoms with E-state index >= 15 is 0 Å². The summed E-state index contributed by atoms with van der Waals surface area (Å²) in [5.74, 6) is 2.32. The van der Waals surface area contributed by atoms with E-state index in [1.165, 1.54) is 0 Å². The number of hydrogen-bond acceptors (Lipinski definition) is 7. The molecule has 2 aromatic carbocycles. The summed E-state index contributed by atoms with van der Waals surface area (Å²) in [5, 5.41) is 4.20. The van der Waals surface area contributed by atoms with Gasteiger partial charge in [-0.1, -0.05) is 18.2 Å². The van der Waals surface area contributed by atoms with Gasteiger partial charge in [0.05, 0.1) is 39.1 Å². The van der Waals surface area contributed by atoms with Crippen molar-refractivity contribution in [2.45, 2.75) is 13.5 Å². The molecule has 0 radical (unpaired) electrons. The third-order valence-corrected chi connectivity index (χ3v) is 4.32. The van der Waals surface area contributed by atoms with E-state index < -0.39 is 0 Å². The molecule has 0 aliphatic rings. The summed E-state index contributed by atoms with van der Waals surface area (Å²) in [4.78, 5) is 11.7. The van der Waals surface area contributed by atoms with Gasteiger partial charge in [0.25, 0.3) is 0 Å². The first kappa shape index (κ1) is 21.0. The summed E-state index contributed by atoms with van der Waals surface area (Å²) in [5.41, 5.74) is 5.36. The number of nitrogens with one attached hydrogen (secondary N) is 1. The van der Waals surface area contributed by atoms with E-state index in [1.54, 1.807) is 39.5 Å². The Labute approximate surface area is 175 Å². The molecular formula is C23H24N2O5. The third-order valence-electron chi connectivity index (χ3n) is 4.32. The first-order valence-corrected chi connectivity index (χ1v) is 9.48. The van der Waals surface area contributed by atoms with Gasteiger partial charge >= 0.3 is 5.97 Å². The van der Waals surface area contributed by atoms with E-state index in [4.69, 9.17) is 18.6 Å². The number of ether oxygens (including phenoxy) is 3. The van der Waals surface area contributed by atoms with Crippen LogP contribution in [-0.4, -0.2) is 33.0 Å². The van der Waals surface area contributed by atoms with Gasteiger partial charge in [-0.3, -0.25) is 0 Å². The summed E-state index contributed by atoms with van der Waals surface area (Å²) < 4.78 is 21.3. The molecule has 7 nitrogen and oxygen atoms in total. The van der Waals surface area contributed by atoms with Crippen molar-refractivity contribution in [2.24, 2.45) is 5.10 Å². The van der Waals surface area contributed by atoms with E-state index in [9.17, 15) is 4.79 Å². The highest BCUT2D eigenvalue weighted by atomic mass is 16.5. The fraction of sp³-hybridized carbons (Fsp3) is 0.217. The maximum atomic E-state index is 11.7. The third kappa shape index (κ3) is 5.20. The molecule has 1 aromatic heterocycles. The second-order valence-electron chi connectivity index (χ2n) is 6.28. The topological polar surface area (TPSA) is 82.3 Å². The van der Waals surface area contributed by atoms with E-state index in [1.807, 2.05) is 42.5 Å². The number of carbonyl (C=O) groups is 1. The number of benzene rings is 2. The maximum absolute atomic E-state index is 11.7. The molecule has 3 aromatic rings. The zero-order chi connectivity index (χ0) is 21.3. The Hall–Kier alpha value is -3.74. The molecule has 0 bridgehead atoms. The van der Waals surface area contributed by atoms with Crippen LogP contribution in [0.3, 0.4) is 0 Å². The lowest BCUT2D eigenvalue weighted by Crippen LogP contribution is -2.05. The highest BCUT2D eigenvalue weighted by Crippen LogP contribution is 2.27. The minimum absolute atomic E-state index is 0.336. The fourth-order valence-corrected chi connectivity index (χ4v) is 2.80. The lowest BCUT2D eigenvalue weighted by atomic mass is 10.1. The molecule has 3 rings (SSSR count). The van der Waals surface area contributed by atoms with Crippen LogP contribution in [0.4, 0.5) is 0 Å². The SMILES string of the molecule is CCOC(=O)c1ccc(-c2ccc(/C=N/NCc3ccc(OC)c(OC)c3)o2)cc1. The molecule has 1 heterocycles. The van der Waals surface area contributed by atoms with E-state index in [2.05, 4.69) is 10.5 Å². The van der Waals surface area contributed by atoms with Crippen molar-refractivity contribution >= 4 is 12.2 Å². The van der Waals surface area contributed by atoms with Crippen molar-refractivity contribution in [3.8, 4) is 22.8 Å². The molecule has 156 valence electrons. The van der Waals surface area contributed by atoms with Crippen molar-refractivity contribution in [3.63, 3.8) is 0 Å². The Balaban J connectivity index is 1.57. The second-order valence-corrected chi connectivity index (χ2v) is 6.28. The predicted octanol–water partition coefficient (Wildman–Crippen LogP) is 4.26. The standard InChI is InChI=1S/C23H24N2O5/c1-4-29-23(26)18-8-6-17(7-9-18)20-12-10-19(30-20)15-25-24-14-16-5-11-21(27-2)22(13-16)28-3/h5-13,15,24H,4,14H2,1-3H3/b25-15+. The smallest absolute Gasteiger partial charge is 0.338 e. The summed E-state index contributed by atoms with van der Waals surface area (Å²) in [7, 11) is 3.21. The second kappa shape index (κ2) is 10.2. The Morgan fingerprint density at radius 2 is 1.80 bits per heavy atom. The monoisotopic (exact) mass is 408 g/mol. The van der Waals surface area contributed by atoms with Gasteiger partial charge in [-0.25, -0.2) is 4.79 Å². The summed E-state index contributed by atoms with van der Waals surface area (Å²) in [6.45, 7) is 2.65. The Kier molecular flexibility index (Phi) is 7.10. The normalized spacial score (nSPS) is 10.8. The summed E-state index contributed by atoms with van der Waals surface area (Å²) in [6.07, 6.45) is 1.61. The zero-order valence-electron chi connectivity index (χ0n) is 17.2. The number of furan rings is 1. The van der Waals surface area contributed by atoms with Crippen molar-refractivity contribution in [1.82, 2.24) is 5.43 Å². The molecule has 0 amide bonds. The van der Waals surface area contributed by atoms with E-state index in [0.717, 1.165) is 11.1 Å². The Morgan fingerprint density at radius 3 is 2.50 bits per heavy atom. The summed E-state index contributed by atoms with van der Waals surface area (Å²) >= 11 is 0. The fourth-order valence-electron chi connectivity index (χ4n) is 2.80. The maximum Gasteiger partial charge on any atom is 0.338 e. The van der Waals surface area contributed by atoms with E-state index in [-0.39, 0.29) is 5.97 Å². The number of nitrogens with zero attached hydrogens (tertiary/aromatic N) is 1.